The predicted molar refractivity (Wildman–Crippen MR) is 110 cm³/mol. The van der Waals surface area contributed by atoms with E-state index in [9.17, 15) is 0 Å². The first-order chi connectivity index (χ1) is 13.3. The number of anilines is 1. The van der Waals surface area contributed by atoms with Crippen molar-refractivity contribution in [3.05, 3.63) is 61.3 Å². The number of nitrogens with zero attached hydrogens (tertiary/aromatic N) is 1. The molecule has 1 aliphatic carbocycles. The molecular weight excluding hydrogens is 336 g/mol. The summed E-state index contributed by atoms with van der Waals surface area (Å²) in [5, 5.41) is 3.43. The van der Waals surface area contributed by atoms with Crippen molar-refractivity contribution in [1.29, 1.82) is 0 Å². The van der Waals surface area contributed by atoms with Gasteiger partial charge in [-0.15, -0.1) is 0 Å². The van der Waals surface area contributed by atoms with Crippen molar-refractivity contribution in [3.63, 3.8) is 0 Å². The number of methoxy groups -OCH3 is 2. The van der Waals surface area contributed by atoms with Crippen LogP contribution in [0.2, 0.25) is 0 Å². The first kappa shape index (κ1) is 19.9. The molecule has 0 bridgehead atoms. The number of nitrogens with one attached hydrogen (secondary N) is 1. The molecule has 0 aromatic heterocycles. The van der Waals surface area contributed by atoms with Crippen LogP contribution in [0.5, 0.6) is 0 Å². The highest BCUT2D eigenvalue weighted by atomic mass is 16.7. The van der Waals surface area contributed by atoms with Crippen LogP contribution in [0.3, 0.4) is 0 Å². The molecular formula is C23H30N2O2. The molecule has 1 N–H and O–H groups in total. The van der Waals surface area contributed by atoms with E-state index >= 15 is 0 Å². The Labute approximate surface area is 163 Å². The number of para-hydroxylation sites is 1. The van der Waals surface area contributed by atoms with Crippen molar-refractivity contribution >= 4 is 5.69 Å². The molecule has 0 saturated heterocycles. The molecule has 1 fully saturated rings. The highest BCUT2D eigenvalue weighted by Crippen LogP contribution is 2.29. The van der Waals surface area contributed by atoms with Crippen molar-refractivity contribution in [2.75, 3.05) is 26.1 Å². The van der Waals surface area contributed by atoms with E-state index in [4.69, 9.17) is 9.47 Å². The monoisotopic (exact) mass is 366 g/mol. The predicted octanol–water partition coefficient (Wildman–Crippen LogP) is 5.02. The first-order valence-corrected chi connectivity index (χ1v) is 9.80. The molecule has 4 nitrogen and oxygen atoms in total. The summed E-state index contributed by atoms with van der Waals surface area (Å²) in [6, 6.07) is 19.3. The fourth-order valence-electron chi connectivity index (χ4n) is 3.68. The van der Waals surface area contributed by atoms with Crippen LogP contribution in [0, 0.1) is 6.67 Å². The molecule has 2 aromatic carbocycles. The molecule has 3 rings (SSSR count). The first-order valence-electron chi connectivity index (χ1n) is 9.80. The molecule has 4 heteroatoms. The molecule has 2 aromatic rings. The van der Waals surface area contributed by atoms with Gasteiger partial charge in [-0.2, -0.15) is 0 Å². The summed E-state index contributed by atoms with van der Waals surface area (Å²) < 4.78 is 10.9. The lowest BCUT2D eigenvalue weighted by Gasteiger charge is -2.35. The maximum absolute atomic E-state index is 5.43. The Kier molecular flexibility index (Phi) is 7.69. The van der Waals surface area contributed by atoms with Crippen LogP contribution in [0.4, 0.5) is 5.69 Å². The molecule has 0 unspecified atom stereocenters. The Morgan fingerprint density at radius 3 is 2.33 bits per heavy atom. The maximum atomic E-state index is 5.43. The average Bonchev–Trinajstić information content (AvgIpc) is 2.75. The van der Waals surface area contributed by atoms with E-state index in [1.807, 2.05) is 6.07 Å². The SMILES string of the molecule is COC(CN([C]Nc1ccccc1-c1ccccc1)C1CCCCC1)OC. The second-order valence-electron chi connectivity index (χ2n) is 6.99. The zero-order chi connectivity index (χ0) is 18.9. The number of benzene rings is 2. The number of hydrogen-bond acceptors (Lipinski definition) is 4. The van der Waals surface area contributed by atoms with Crippen LogP contribution in [0.15, 0.2) is 54.6 Å². The second-order valence-corrected chi connectivity index (χ2v) is 6.99. The number of hydrogen-bond donors (Lipinski definition) is 1. The minimum absolute atomic E-state index is 0.259. The molecule has 0 atom stereocenters. The summed E-state index contributed by atoms with van der Waals surface area (Å²) in [5.74, 6) is 0. The van der Waals surface area contributed by atoms with Gasteiger partial charge in [0.05, 0.1) is 6.54 Å². The highest BCUT2D eigenvalue weighted by molar-refractivity contribution is 5.78. The van der Waals surface area contributed by atoms with Crippen LogP contribution >= 0.6 is 0 Å². The number of rotatable bonds is 9. The third-order valence-electron chi connectivity index (χ3n) is 5.23. The van der Waals surface area contributed by atoms with Gasteiger partial charge >= 0.3 is 0 Å². The van der Waals surface area contributed by atoms with Gasteiger partial charge in [-0.1, -0.05) is 67.8 Å². The molecule has 0 aliphatic heterocycles. The lowest BCUT2D eigenvalue weighted by molar-refractivity contribution is -0.117. The molecule has 0 heterocycles. The van der Waals surface area contributed by atoms with E-state index in [-0.39, 0.29) is 6.29 Å². The normalized spacial score (nSPS) is 15.4. The molecule has 1 saturated carbocycles. The minimum Gasteiger partial charge on any atom is -0.360 e. The van der Waals surface area contributed by atoms with Gasteiger partial charge in [-0.3, -0.25) is 4.90 Å². The molecule has 1 aliphatic rings. The molecule has 144 valence electrons. The maximum Gasteiger partial charge on any atom is 0.175 e. The van der Waals surface area contributed by atoms with Gasteiger partial charge in [0.25, 0.3) is 0 Å². The topological polar surface area (TPSA) is 33.7 Å². The minimum atomic E-state index is -0.259. The van der Waals surface area contributed by atoms with Gasteiger partial charge in [0.2, 0.25) is 0 Å². The summed E-state index contributed by atoms with van der Waals surface area (Å²) in [4.78, 5) is 2.23. The Bertz CT molecular complexity index is 667. The summed E-state index contributed by atoms with van der Waals surface area (Å²) in [6.07, 6.45) is 5.99. The van der Waals surface area contributed by atoms with Crippen molar-refractivity contribution in [2.45, 2.75) is 44.4 Å². The third-order valence-corrected chi connectivity index (χ3v) is 5.23. The van der Waals surface area contributed by atoms with Gasteiger partial charge in [-0.25, -0.2) is 0 Å². The average molecular weight is 367 g/mol. The van der Waals surface area contributed by atoms with E-state index in [0.29, 0.717) is 12.6 Å². The fourth-order valence-corrected chi connectivity index (χ4v) is 3.68. The third kappa shape index (κ3) is 5.55. The Balaban J connectivity index is 1.73. The summed E-state index contributed by atoms with van der Waals surface area (Å²) >= 11 is 0. The zero-order valence-electron chi connectivity index (χ0n) is 16.4. The molecule has 0 amide bonds. The van der Waals surface area contributed by atoms with Crippen LogP contribution in [-0.4, -0.2) is 38.0 Å². The highest BCUT2D eigenvalue weighted by Gasteiger charge is 2.25. The van der Waals surface area contributed by atoms with E-state index < -0.39 is 0 Å². The lowest BCUT2D eigenvalue weighted by atomic mass is 9.94. The van der Waals surface area contributed by atoms with Crippen molar-refractivity contribution in [3.8, 4) is 11.1 Å². The van der Waals surface area contributed by atoms with Gasteiger partial charge in [0.15, 0.2) is 13.0 Å². The standard InChI is InChI=1S/C23H30N2O2/c1-26-23(27-2)17-25(20-13-7-4-8-14-20)18-24-22-16-10-9-15-21(22)19-11-5-3-6-12-19/h3,5-6,9-12,15-16,20,23-24H,4,7-8,13-14,17H2,1-2H3. The number of ether oxygens (including phenoxy) is 2. The van der Waals surface area contributed by atoms with Crippen LogP contribution in [0.25, 0.3) is 11.1 Å². The van der Waals surface area contributed by atoms with Gasteiger partial charge in [-0.05, 0) is 24.5 Å². The zero-order valence-corrected chi connectivity index (χ0v) is 16.4. The quantitative estimate of drug-likeness (QED) is 0.499. The van der Waals surface area contributed by atoms with E-state index in [1.165, 1.54) is 43.2 Å². The smallest absolute Gasteiger partial charge is 0.175 e. The summed E-state index contributed by atoms with van der Waals surface area (Å²) in [7, 11) is 3.37. The van der Waals surface area contributed by atoms with Gasteiger partial charge in [0.1, 0.15) is 0 Å². The Hall–Kier alpha value is -1.88. The van der Waals surface area contributed by atoms with Crippen LogP contribution < -0.4 is 5.32 Å². The van der Waals surface area contributed by atoms with E-state index in [2.05, 4.69) is 65.4 Å². The second kappa shape index (κ2) is 10.5. The summed E-state index contributed by atoms with van der Waals surface area (Å²) in [6.45, 7) is 4.10. The van der Waals surface area contributed by atoms with Crippen LogP contribution in [-0.2, 0) is 9.47 Å². The molecule has 27 heavy (non-hydrogen) atoms. The fraction of sp³-hybridized carbons (Fsp3) is 0.435. The van der Waals surface area contributed by atoms with Crippen molar-refractivity contribution in [1.82, 2.24) is 4.90 Å². The van der Waals surface area contributed by atoms with Crippen LogP contribution in [0.1, 0.15) is 32.1 Å². The Morgan fingerprint density at radius 1 is 0.963 bits per heavy atom. The summed E-state index contributed by atoms with van der Waals surface area (Å²) in [5.41, 5.74) is 3.42. The largest absolute Gasteiger partial charge is 0.360 e. The molecule has 0 spiro atoms. The van der Waals surface area contributed by atoms with Crippen molar-refractivity contribution in [2.24, 2.45) is 0 Å². The van der Waals surface area contributed by atoms with Gasteiger partial charge < -0.3 is 14.8 Å². The lowest BCUT2D eigenvalue weighted by Crippen LogP contribution is -2.42. The molecule has 2 radical (unpaired) electrons. The van der Waals surface area contributed by atoms with E-state index in [0.717, 1.165) is 5.69 Å². The van der Waals surface area contributed by atoms with E-state index in [1.54, 1.807) is 14.2 Å². The Morgan fingerprint density at radius 2 is 1.63 bits per heavy atom. The van der Waals surface area contributed by atoms with Gasteiger partial charge in [0, 0.05) is 31.5 Å². The van der Waals surface area contributed by atoms with Crippen molar-refractivity contribution < 1.29 is 9.47 Å².